The van der Waals surface area contributed by atoms with Gasteiger partial charge in [-0.3, -0.25) is 4.79 Å². The van der Waals surface area contributed by atoms with E-state index in [-0.39, 0.29) is 5.78 Å². The van der Waals surface area contributed by atoms with E-state index in [1.807, 2.05) is 43.6 Å². The Labute approximate surface area is 117 Å². The van der Waals surface area contributed by atoms with Crippen LogP contribution in [-0.2, 0) is 6.54 Å². The molecule has 0 aliphatic rings. The smallest absolute Gasteiger partial charge is 0.162 e. The normalized spacial score (nSPS) is 10.5. The molecule has 1 aromatic carbocycles. The van der Waals surface area contributed by atoms with Gasteiger partial charge in [0.2, 0.25) is 0 Å². The molecule has 4 heteroatoms. The van der Waals surface area contributed by atoms with Crippen LogP contribution in [0.4, 0.5) is 5.69 Å². The maximum atomic E-state index is 11.6. The number of ketones is 1. The number of thiazole rings is 1. The third kappa shape index (κ3) is 3.20. The second-order valence-electron chi connectivity index (χ2n) is 4.54. The number of hydrogen-bond donors (Lipinski definition) is 0. The van der Waals surface area contributed by atoms with Crippen molar-refractivity contribution in [2.75, 3.05) is 11.9 Å². The molecule has 0 unspecified atom stereocenters. The summed E-state index contributed by atoms with van der Waals surface area (Å²) in [7, 11) is 2.05. The quantitative estimate of drug-likeness (QED) is 0.780. The van der Waals surface area contributed by atoms with Gasteiger partial charge in [0.05, 0.1) is 17.7 Å². The Morgan fingerprint density at radius 1 is 1.32 bits per heavy atom. The van der Waals surface area contributed by atoms with E-state index in [0.717, 1.165) is 23.5 Å². The molecule has 19 heavy (non-hydrogen) atoms. The molecule has 0 amide bonds. The lowest BCUT2D eigenvalue weighted by Crippen LogP contribution is -2.16. The van der Waals surface area contributed by atoms with Gasteiger partial charge in [-0.15, -0.1) is 11.3 Å². The van der Waals surface area contributed by atoms with Gasteiger partial charge in [0.1, 0.15) is 0 Å². The first-order valence-corrected chi connectivity index (χ1v) is 7.23. The number of rotatable bonds is 5. The summed E-state index contributed by atoms with van der Waals surface area (Å²) < 4.78 is 0. The number of benzene rings is 1. The molecular formula is C15H18N2OS. The molecule has 0 aliphatic carbocycles. The van der Waals surface area contributed by atoms with Crippen molar-refractivity contribution in [2.24, 2.45) is 0 Å². The van der Waals surface area contributed by atoms with E-state index in [0.29, 0.717) is 6.42 Å². The van der Waals surface area contributed by atoms with Gasteiger partial charge in [0, 0.05) is 29.6 Å². The zero-order chi connectivity index (χ0) is 13.8. The molecule has 0 atom stereocenters. The van der Waals surface area contributed by atoms with Gasteiger partial charge in [0.25, 0.3) is 0 Å². The van der Waals surface area contributed by atoms with Crippen molar-refractivity contribution >= 4 is 22.8 Å². The van der Waals surface area contributed by atoms with Crippen LogP contribution in [0.15, 0.2) is 29.8 Å². The maximum Gasteiger partial charge on any atom is 0.162 e. The molecule has 0 saturated carbocycles. The van der Waals surface area contributed by atoms with Gasteiger partial charge in [-0.1, -0.05) is 6.92 Å². The van der Waals surface area contributed by atoms with E-state index >= 15 is 0 Å². The highest BCUT2D eigenvalue weighted by Crippen LogP contribution is 2.20. The van der Waals surface area contributed by atoms with Gasteiger partial charge >= 0.3 is 0 Å². The highest BCUT2D eigenvalue weighted by atomic mass is 32.1. The van der Waals surface area contributed by atoms with Crippen LogP contribution in [0.25, 0.3) is 0 Å². The van der Waals surface area contributed by atoms with Crippen LogP contribution in [0, 0.1) is 6.92 Å². The molecule has 0 saturated heterocycles. The second kappa shape index (κ2) is 5.97. The monoisotopic (exact) mass is 274 g/mol. The molecule has 100 valence electrons. The Morgan fingerprint density at radius 3 is 2.53 bits per heavy atom. The lowest BCUT2D eigenvalue weighted by molar-refractivity contribution is 0.0988. The largest absolute Gasteiger partial charge is 0.369 e. The summed E-state index contributed by atoms with van der Waals surface area (Å²) in [5, 5.41) is 0. The van der Waals surface area contributed by atoms with Crippen LogP contribution in [0.5, 0.6) is 0 Å². The summed E-state index contributed by atoms with van der Waals surface area (Å²) in [6.07, 6.45) is 0.551. The second-order valence-corrected chi connectivity index (χ2v) is 5.48. The topological polar surface area (TPSA) is 33.2 Å². The maximum absolute atomic E-state index is 11.6. The van der Waals surface area contributed by atoms with E-state index in [9.17, 15) is 4.79 Å². The van der Waals surface area contributed by atoms with Crippen LogP contribution in [-0.4, -0.2) is 17.8 Å². The zero-order valence-corrected chi connectivity index (χ0v) is 12.3. The zero-order valence-electron chi connectivity index (χ0n) is 11.5. The number of aromatic nitrogens is 1. The molecule has 2 aromatic rings. The van der Waals surface area contributed by atoms with Crippen LogP contribution in [0.1, 0.15) is 34.3 Å². The SMILES string of the molecule is CCC(=O)c1ccc(N(C)Cc2scnc2C)cc1. The van der Waals surface area contributed by atoms with E-state index in [1.54, 1.807) is 11.3 Å². The van der Waals surface area contributed by atoms with Crippen molar-refractivity contribution in [3.8, 4) is 0 Å². The summed E-state index contributed by atoms with van der Waals surface area (Å²) >= 11 is 1.68. The average molecular weight is 274 g/mol. The number of hydrogen-bond acceptors (Lipinski definition) is 4. The van der Waals surface area contributed by atoms with E-state index in [1.165, 1.54) is 4.88 Å². The summed E-state index contributed by atoms with van der Waals surface area (Å²) in [5.41, 5.74) is 4.87. The van der Waals surface area contributed by atoms with E-state index < -0.39 is 0 Å². The highest BCUT2D eigenvalue weighted by Gasteiger charge is 2.08. The molecule has 0 fully saturated rings. The fourth-order valence-electron chi connectivity index (χ4n) is 1.89. The van der Waals surface area contributed by atoms with Gasteiger partial charge in [-0.2, -0.15) is 0 Å². The van der Waals surface area contributed by atoms with Crippen LogP contribution >= 0.6 is 11.3 Å². The third-order valence-corrected chi connectivity index (χ3v) is 4.10. The first-order valence-electron chi connectivity index (χ1n) is 6.35. The van der Waals surface area contributed by atoms with E-state index in [4.69, 9.17) is 0 Å². The fraction of sp³-hybridized carbons (Fsp3) is 0.333. The van der Waals surface area contributed by atoms with E-state index in [2.05, 4.69) is 16.9 Å². The Balaban J connectivity index is 2.09. The van der Waals surface area contributed by atoms with Crippen molar-refractivity contribution in [2.45, 2.75) is 26.8 Å². The van der Waals surface area contributed by atoms with Crippen molar-refractivity contribution < 1.29 is 4.79 Å². The lowest BCUT2D eigenvalue weighted by Gasteiger charge is -2.19. The predicted molar refractivity (Wildman–Crippen MR) is 80.0 cm³/mol. The molecule has 0 aliphatic heterocycles. The molecule has 1 aromatic heterocycles. The minimum atomic E-state index is 0.188. The Hall–Kier alpha value is -1.68. The van der Waals surface area contributed by atoms with Crippen LogP contribution in [0.3, 0.4) is 0 Å². The first kappa shape index (κ1) is 13.7. The molecule has 1 heterocycles. The predicted octanol–water partition coefficient (Wildman–Crippen LogP) is 3.68. The Kier molecular flexibility index (Phi) is 4.32. The molecule has 0 N–H and O–H groups in total. The van der Waals surface area contributed by atoms with Crippen molar-refractivity contribution in [3.05, 3.63) is 45.9 Å². The molecule has 2 rings (SSSR count). The van der Waals surface area contributed by atoms with Crippen LogP contribution < -0.4 is 4.90 Å². The first-order chi connectivity index (χ1) is 9.11. The highest BCUT2D eigenvalue weighted by molar-refractivity contribution is 7.09. The minimum absolute atomic E-state index is 0.188. The molecular weight excluding hydrogens is 256 g/mol. The molecule has 0 radical (unpaired) electrons. The number of Topliss-reactive ketones (excluding diaryl/α,β-unsaturated/α-hetero) is 1. The Bertz CT molecular complexity index is 560. The number of anilines is 1. The van der Waals surface area contributed by atoms with Gasteiger partial charge in [-0.05, 0) is 31.2 Å². The molecule has 0 bridgehead atoms. The van der Waals surface area contributed by atoms with Crippen molar-refractivity contribution in [1.82, 2.24) is 4.98 Å². The number of aryl methyl sites for hydroxylation is 1. The average Bonchev–Trinajstić information content (AvgIpc) is 2.83. The lowest BCUT2D eigenvalue weighted by atomic mass is 10.1. The third-order valence-electron chi connectivity index (χ3n) is 3.18. The van der Waals surface area contributed by atoms with Gasteiger partial charge < -0.3 is 4.90 Å². The fourth-order valence-corrected chi connectivity index (χ4v) is 2.72. The summed E-state index contributed by atoms with van der Waals surface area (Å²) in [4.78, 5) is 19.3. The van der Waals surface area contributed by atoms with Crippen molar-refractivity contribution in [3.63, 3.8) is 0 Å². The van der Waals surface area contributed by atoms with Crippen LogP contribution in [0.2, 0.25) is 0 Å². The van der Waals surface area contributed by atoms with Gasteiger partial charge in [-0.25, -0.2) is 4.98 Å². The minimum Gasteiger partial charge on any atom is -0.369 e. The summed E-state index contributed by atoms with van der Waals surface area (Å²) in [5.74, 6) is 0.188. The number of carbonyl (C=O) groups is 1. The van der Waals surface area contributed by atoms with Gasteiger partial charge in [0.15, 0.2) is 5.78 Å². The summed E-state index contributed by atoms with van der Waals surface area (Å²) in [6, 6.07) is 7.80. The standard InChI is InChI=1S/C15H18N2OS/c1-4-14(18)12-5-7-13(8-6-12)17(3)9-15-11(2)16-10-19-15/h5-8,10H,4,9H2,1-3H3. The molecule has 0 spiro atoms. The molecule has 3 nitrogen and oxygen atoms in total. The number of nitrogens with zero attached hydrogens (tertiary/aromatic N) is 2. The number of carbonyl (C=O) groups excluding carboxylic acids is 1. The summed E-state index contributed by atoms with van der Waals surface area (Å²) in [6.45, 7) is 4.76. The Morgan fingerprint density at radius 2 is 2.00 bits per heavy atom. The van der Waals surface area contributed by atoms with Crippen molar-refractivity contribution in [1.29, 1.82) is 0 Å².